The largest absolute Gasteiger partial charge is 0.409 e. The molecule has 0 spiro atoms. The van der Waals surface area contributed by atoms with Crippen LogP contribution in [0.5, 0.6) is 0 Å². The first kappa shape index (κ1) is 18.8. The molecule has 0 amide bonds. The number of aryl methyl sites for hydroxylation is 1. The van der Waals surface area contributed by atoms with Crippen molar-refractivity contribution in [2.45, 2.75) is 40.9 Å². The van der Waals surface area contributed by atoms with Gasteiger partial charge in [-0.2, -0.15) is 0 Å². The number of anilines is 1. The molecule has 3 heteroatoms. The number of hydrogen-bond donors (Lipinski definition) is 0. The third-order valence-corrected chi connectivity index (χ3v) is 6.24. The zero-order chi connectivity index (χ0) is 20.0. The van der Waals surface area contributed by atoms with E-state index in [1.165, 1.54) is 44.6 Å². The number of para-hydroxylation sites is 1. The Kier molecular flexibility index (Phi) is 4.78. The summed E-state index contributed by atoms with van der Waals surface area (Å²) in [5.74, 6) is 1.90. The summed E-state index contributed by atoms with van der Waals surface area (Å²) in [5, 5.41) is 1.37. The highest BCUT2D eigenvalue weighted by atomic mass is 15.2. The molecule has 0 radical (unpaired) electrons. The second-order valence-corrected chi connectivity index (χ2v) is 8.55. The normalized spacial score (nSPS) is 14.2. The maximum Gasteiger partial charge on any atom is 0.409 e. The summed E-state index contributed by atoms with van der Waals surface area (Å²) in [6, 6.07) is 20.1. The molecule has 0 aliphatic carbocycles. The van der Waals surface area contributed by atoms with Crippen molar-refractivity contribution in [2.24, 2.45) is 13.0 Å². The second-order valence-electron chi connectivity index (χ2n) is 8.55. The SMILES string of the molecule is CB1c2ccccc2C(C)=C(C)N1c1cc(CC(C)C)c2ccccc2[n+]1C. The molecule has 0 bridgehead atoms. The maximum atomic E-state index is 2.52. The summed E-state index contributed by atoms with van der Waals surface area (Å²) >= 11 is 0. The number of pyridine rings is 1. The fraction of sp³-hybridized carbons (Fsp3) is 0.320. The minimum Gasteiger partial charge on any atom is -0.290 e. The van der Waals surface area contributed by atoms with E-state index in [-0.39, 0.29) is 0 Å². The number of benzene rings is 2. The Morgan fingerprint density at radius 3 is 2.43 bits per heavy atom. The molecule has 142 valence electrons. The van der Waals surface area contributed by atoms with Crippen molar-refractivity contribution in [3.8, 4) is 0 Å². The van der Waals surface area contributed by atoms with Gasteiger partial charge >= 0.3 is 6.85 Å². The molecular weight excluding hydrogens is 339 g/mol. The van der Waals surface area contributed by atoms with Crippen LogP contribution in [0.25, 0.3) is 16.5 Å². The Bertz CT molecular complexity index is 1080. The quantitative estimate of drug-likeness (QED) is 0.467. The fourth-order valence-electron chi connectivity index (χ4n) is 4.71. The molecule has 0 saturated heterocycles. The molecule has 0 N–H and O–H groups in total. The van der Waals surface area contributed by atoms with Crippen molar-refractivity contribution in [2.75, 3.05) is 4.81 Å². The van der Waals surface area contributed by atoms with Crippen molar-refractivity contribution >= 4 is 34.6 Å². The van der Waals surface area contributed by atoms with E-state index in [0.717, 1.165) is 6.42 Å². The molecule has 2 nitrogen and oxygen atoms in total. The topological polar surface area (TPSA) is 7.12 Å². The van der Waals surface area contributed by atoms with Gasteiger partial charge in [0.15, 0.2) is 0 Å². The lowest BCUT2D eigenvalue weighted by molar-refractivity contribution is -0.631. The fourth-order valence-corrected chi connectivity index (χ4v) is 4.71. The van der Waals surface area contributed by atoms with Crippen LogP contribution in [-0.4, -0.2) is 6.85 Å². The number of allylic oxidation sites excluding steroid dienone is 2. The van der Waals surface area contributed by atoms with E-state index >= 15 is 0 Å². The molecule has 4 rings (SSSR count). The monoisotopic (exact) mass is 369 g/mol. The van der Waals surface area contributed by atoms with Gasteiger partial charge in [0.1, 0.15) is 5.52 Å². The molecule has 0 unspecified atom stereocenters. The van der Waals surface area contributed by atoms with Gasteiger partial charge in [-0.1, -0.05) is 56.3 Å². The number of aromatic nitrogens is 1. The molecule has 2 aromatic carbocycles. The van der Waals surface area contributed by atoms with Gasteiger partial charge < -0.3 is 0 Å². The van der Waals surface area contributed by atoms with Crippen molar-refractivity contribution in [1.29, 1.82) is 0 Å². The first-order valence-corrected chi connectivity index (χ1v) is 10.4. The molecule has 1 aliphatic heterocycles. The minimum atomic E-state index is 0.305. The van der Waals surface area contributed by atoms with Gasteiger partial charge in [0.2, 0.25) is 0 Å². The summed E-state index contributed by atoms with van der Waals surface area (Å²) in [6.45, 7) is 11.8. The van der Waals surface area contributed by atoms with Gasteiger partial charge in [-0.15, -0.1) is 0 Å². The number of hydrogen-bond acceptors (Lipinski definition) is 1. The Hall–Kier alpha value is -2.55. The van der Waals surface area contributed by atoms with E-state index < -0.39 is 0 Å². The standard InChI is InChI=1S/C25H30BN2/c1-17(2)15-20-16-25(27(6)24-14-10-8-12-22(20)24)28-19(4)18(3)21-11-7-9-13-23(21)26(28)5/h7-14,16-17H,15H2,1-6H3/q+1. The highest BCUT2D eigenvalue weighted by Crippen LogP contribution is 2.31. The Labute approximate surface area is 169 Å². The van der Waals surface area contributed by atoms with E-state index in [1.807, 2.05) is 0 Å². The van der Waals surface area contributed by atoms with E-state index in [0.29, 0.717) is 12.8 Å². The van der Waals surface area contributed by atoms with Crippen molar-refractivity contribution < 1.29 is 4.57 Å². The van der Waals surface area contributed by atoms with Crippen LogP contribution in [0.3, 0.4) is 0 Å². The van der Waals surface area contributed by atoms with Crippen molar-refractivity contribution in [3.05, 3.63) is 71.4 Å². The van der Waals surface area contributed by atoms with Gasteiger partial charge in [0.05, 0.1) is 12.7 Å². The maximum absolute atomic E-state index is 2.52. The summed E-state index contributed by atoms with van der Waals surface area (Å²) in [6.07, 6.45) is 1.09. The van der Waals surface area contributed by atoms with Crippen molar-refractivity contribution in [3.63, 3.8) is 0 Å². The summed E-state index contributed by atoms with van der Waals surface area (Å²) < 4.78 is 2.36. The van der Waals surface area contributed by atoms with E-state index in [9.17, 15) is 0 Å². The van der Waals surface area contributed by atoms with Crippen LogP contribution in [0.15, 0.2) is 60.3 Å². The predicted molar refractivity (Wildman–Crippen MR) is 122 cm³/mol. The highest BCUT2D eigenvalue weighted by molar-refractivity contribution is 6.77. The van der Waals surface area contributed by atoms with Gasteiger partial charge in [-0.3, -0.25) is 4.81 Å². The van der Waals surface area contributed by atoms with Crippen LogP contribution in [0, 0.1) is 5.92 Å². The van der Waals surface area contributed by atoms with Crippen LogP contribution in [0.2, 0.25) is 6.82 Å². The van der Waals surface area contributed by atoms with Crippen LogP contribution >= 0.6 is 0 Å². The van der Waals surface area contributed by atoms with Gasteiger partial charge in [0.25, 0.3) is 5.82 Å². The van der Waals surface area contributed by atoms with E-state index in [4.69, 9.17) is 0 Å². The third kappa shape index (κ3) is 2.94. The van der Waals surface area contributed by atoms with Crippen LogP contribution in [0.1, 0.15) is 38.8 Å². The summed E-state index contributed by atoms with van der Waals surface area (Å²) in [4.78, 5) is 2.52. The average molecular weight is 369 g/mol. The highest BCUT2D eigenvalue weighted by Gasteiger charge is 2.39. The lowest BCUT2D eigenvalue weighted by Crippen LogP contribution is -2.53. The Balaban J connectivity index is 1.97. The number of fused-ring (bicyclic) bond motifs is 2. The summed E-state index contributed by atoms with van der Waals surface area (Å²) in [7, 11) is 2.20. The molecule has 2 heterocycles. The van der Waals surface area contributed by atoms with E-state index in [1.54, 1.807) is 0 Å². The molecule has 0 atom stereocenters. The summed E-state index contributed by atoms with van der Waals surface area (Å²) in [5.41, 5.74) is 8.24. The zero-order valence-corrected chi connectivity index (χ0v) is 18.0. The molecule has 28 heavy (non-hydrogen) atoms. The predicted octanol–water partition coefficient (Wildman–Crippen LogP) is 4.96. The zero-order valence-electron chi connectivity index (χ0n) is 18.0. The molecule has 1 aromatic heterocycles. The number of rotatable bonds is 3. The van der Waals surface area contributed by atoms with Crippen molar-refractivity contribution in [1.82, 2.24) is 0 Å². The van der Waals surface area contributed by atoms with Crippen LogP contribution < -0.4 is 14.8 Å². The minimum absolute atomic E-state index is 0.305. The molecule has 1 aliphatic rings. The van der Waals surface area contributed by atoms with Crippen LogP contribution in [-0.2, 0) is 13.5 Å². The molecular formula is C25H30BN2+. The molecule has 0 fully saturated rings. The first-order valence-electron chi connectivity index (χ1n) is 10.4. The third-order valence-electron chi connectivity index (χ3n) is 6.24. The van der Waals surface area contributed by atoms with E-state index in [2.05, 4.69) is 106 Å². The average Bonchev–Trinajstić information content (AvgIpc) is 2.69. The first-order chi connectivity index (χ1) is 13.4. The van der Waals surface area contributed by atoms with Crippen LogP contribution in [0.4, 0.5) is 5.82 Å². The molecule has 0 saturated carbocycles. The molecule has 3 aromatic rings. The lowest BCUT2D eigenvalue weighted by atomic mass is 9.52. The Morgan fingerprint density at radius 1 is 1.00 bits per heavy atom. The van der Waals surface area contributed by atoms with Gasteiger partial charge in [0, 0.05) is 11.5 Å². The van der Waals surface area contributed by atoms with Gasteiger partial charge in [-0.25, -0.2) is 4.57 Å². The second kappa shape index (κ2) is 7.12. The van der Waals surface area contributed by atoms with Gasteiger partial charge in [-0.05, 0) is 61.2 Å². The lowest BCUT2D eigenvalue weighted by Gasteiger charge is -2.31. The Morgan fingerprint density at radius 2 is 1.68 bits per heavy atom. The number of nitrogens with zero attached hydrogens (tertiary/aromatic N) is 2. The smallest absolute Gasteiger partial charge is 0.290 e.